The topological polar surface area (TPSA) is 12.4 Å². The molecular weight excluding hydrogens is 210 g/mol. The van der Waals surface area contributed by atoms with Crippen molar-refractivity contribution in [3.8, 4) is 0 Å². The molecule has 0 fully saturated rings. The van der Waals surface area contributed by atoms with Crippen LogP contribution < -0.4 is 0 Å². The first-order chi connectivity index (χ1) is 6.59. The second-order valence-corrected chi connectivity index (χ2v) is 6.83. The molecule has 3 heteroatoms. The predicted octanol–water partition coefficient (Wildman–Crippen LogP) is 4.36. The summed E-state index contributed by atoms with van der Waals surface area (Å²) >= 11 is 0. The number of rotatable bonds is 3. The Labute approximate surface area is 95.2 Å². The zero-order valence-corrected chi connectivity index (χ0v) is 11.0. The number of hydrogen-bond acceptors (Lipinski definition) is 3. The van der Waals surface area contributed by atoms with E-state index in [-0.39, 0.29) is 0 Å². The summed E-state index contributed by atoms with van der Waals surface area (Å²) in [6, 6.07) is 0. The molecule has 0 saturated heterocycles. The Morgan fingerprint density at radius 2 is 2.14 bits per heavy atom. The summed E-state index contributed by atoms with van der Waals surface area (Å²) in [5, 5.41) is 1.97. The van der Waals surface area contributed by atoms with Gasteiger partial charge in [0, 0.05) is 17.9 Å². The first-order valence-corrected chi connectivity index (χ1v) is 7.37. The monoisotopic (exact) mass is 229 g/mol. The summed E-state index contributed by atoms with van der Waals surface area (Å²) in [6.45, 7) is 9.06. The lowest BCUT2D eigenvalue weighted by molar-refractivity contribution is 0.645. The van der Waals surface area contributed by atoms with E-state index in [9.17, 15) is 0 Å². The molecule has 1 aliphatic rings. The summed E-state index contributed by atoms with van der Waals surface area (Å²) in [6.07, 6.45) is 5.22. The lowest BCUT2D eigenvalue weighted by Crippen LogP contribution is -2.06. The SMILES string of the molecule is CC1C=CN=C(SSC(C)C(C)C)C1. The van der Waals surface area contributed by atoms with Crippen LogP contribution >= 0.6 is 21.6 Å². The number of allylic oxidation sites excluding steroid dienone is 1. The molecule has 0 saturated carbocycles. The Morgan fingerprint density at radius 3 is 2.71 bits per heavy atom. The van der Waals surface area contributed by atoms with E-state index in [1.165, 1.54) is 5.04 Å². The minimum absolute atomic E-state index is 0.657. The second-order valence-electron chi connectivity index (χ2n) is 4.17. The van der Waals surface area contributed by atoms with Crippen LogP contribution in [0.4, 0.5) is 0 Å². The molecule has 0 aromatic rings. The fourth-order valence-electron chi connectivity index (χ4n) is 0.967. The number of aliphatic imine (C=N–C) groups is 1. The maximum Gasteiger partial charge on any atom is 0.0843 e. The molecule has 0 bridgehead atoms. The van der Waals surface area contributed by atoms with Crippen molar-refractivity contribution in [1.82, 2.24) is 0 Å². The summed E-state index contributed by atoms with van der Waals surface area (Å²) in [5.41, 5.74) is 0. The van der Waals surface area contributed by atoms with Crippen molar-refractivity contribution in [1.29, 1.82) is 0 Å². The molecule has 0 aromatic heterocycles. The van der Waals surface area contributed by atoms with Crippen LogP contribution in [0.15, 0.2) is 17.3 Å². The lowest BCUT2D eigenvalue weighted by atomic mass is 10.1. The minimum atomic E-state index is 0.657. The van der Waals surface area contributed by atoms with Gasteiger partial charge in [-0.3, -0.25) is 4.99 Å². The van der Waals surface area contributed by atoms with Crippen molar-refractivity contribution in [2.24, 2.45) is 16.8 Å². The third-order valence-electron chi connectivity index (χ3n) is 2.36. The molecule has 0 radical (unpaired) electrons. The van der Waals surface area contributed by atoms with Crippen LogP contribution in [0.5, 0.6) is 0 Å². The maximum atomic E-state index is 4.39. The molecule has 1 rings (SSSR count). The average Bonchev–Trinajstić information content (AvgIpc) is 2.14. The summed E-state index contributed by atoms with van der Waals surface area (Å²) in [5.74, 6) is 1.40. The molecule has 0 N–H and O–H groups in total. The van der Waals surface area contributed by atoms with Gasteiger partial charge in [-0.15, -0.1) is 0 Å². The molecule has 0 aromatic carbocycles. The van der Waals surface area contributed by atoms with Crippen LogP contribution in [0.1, 0.15) is 34.1 Å². The molecule has 2 unspecified atom stereocenters. The molecule has 1 nitrogen and oxygen atoms in total. The zero-order valence-electron chi connectivity index (χ0n) is 9.36. The molecule has 2 atom stereocenters. The molecule has 0 spiro atoms. The normalized spacial score (nSPS) is 23.8. The van der Waals surface area contributed by atoms with Crippen LogP contribution in [0.25, 0.3) is 0 Å². The van der Waals surface area contributed by atoms with Crippen molar-refractivity contribution in [2.45, 2.75) is 39.4 Å². The Balaban J connectivity index is 2.31. The van der Waals surface area contributed by atoms with Gasteiger partial charge in [-0.1, -0.05) is 44.6 Å². The standard InChI is InChI=1S/C11H19NS2/c1-8(2)10(4)13-14-11-7-9(3)5-6-12-11/h5-6,8-10H,7H2,1-4H3. The van der Waals surface area contributed by atoms with E-state index in [4.69, 9.17) is 0 Å². The molecule has 0 amide bonds. The molecule has 1 aliphatic heterocycles. The Morgan fingerprint density at radius 1 is 1.43 bits per heavy atom. The van der Waals surface area contributed by atoms with Gasteiger partial charge in [-0.2, -0.15) is 0 Å². The first-order valence-electron chi connectivity index (χ1n) is 5.16. The maximum absolute atomic E-state index is 4.39. The van der Waals surface area contributed by atoms with E-state index >= 15 is 0 Å². The molecule has 14 heavy (non-hydrogen) atoms. The third-order valence-corrected chi connectivity index (χ3v) is 5.55. The predicted molar refractivity (Wildman–Crippen MR) is 69.8 cm³/mol. The van der Waals surface area contributed by atoms with Gasteiger partial charge < -0.3 is 0 Å². The van der Waals surface area contributed by atoms with Crippen LogP contribution in [0.2, 0.25) is 0 Å². The van der Waals surface area contributed by atoms with Gasteiger partial charge >= 0.3 is 0 Å². The van der Waals surface area contributed by atoms with E-state index in [2.05, 4.69) is 38.8 Å². The molecule has 1 heterocycles. The van der Waals surface area contributed by atoms with Gasteiger partial charge in [0.1, 0.15) is 0 Å². The van der Waals surface area contributed by atoms with Crippen molar-refractivity contribution in [3.05, 3.63) is 12.3 Å². The average molecular weight is 229 g/mol. The van der Waals surface area contributed by atoms with Crippen LogP contribution in [0.3, 0.4) is 0 Å². The largest absolute Gasteiger partial charge is 0.254 e. The number of hydrogen-bond donors (Lipinski definition) is 0. The fraction of sp³-hybridized carbons (Fsp3) is 0.727. The summed E-state index contributed by atoms with van der Waals surface area (Å²) in [7, 11) is 3.80. The van der Waals surface area contributed by atoms with E-state index in [1.54, 1.807) is 0 Å². The van der Waals surface area contributed by atoms with Gasteiger partial charge in [0.05, 0.1) is 5.04 Å². The first kappa shape index (κ1) is 12.2. The summed E-state index contributed by atoms with van der Waals surface area (Å²) in [4.78, 5) is 4.39. The van der Waals surface area contributed by atoms with Gasteiger partial charge in [0.25, 0.3) is 0 Å². The van der Waals surface area contributed by atoms with Gasteiger partial charge in [0.2, 0.25) is 0 Å². The fourth-order valence-corrected chi connectivity index (χ4v) is 3.68. The van der Waals surface area contributed by atoms with E-state index < -0.39 is 0 Å². The molecule has 0 aliphatic carbocycles. The zero-order chi connectivity index (χ0) is 10.6. The van der Waals surface area contributed by atoms with E-state index in [1.807, 2.05) is 27.8 Å². The quantitative estimate of drug-likeness (QED) is 0.666. The Bertz CT molecular complexity index is 233. The van der Waals surface area contributed by atoms with Crippen LogP contribution in [0, 0.1) is 11.8 Å². The Hall–Kier alpha value is 0.110. The van der Waals surface area contributed by atoms with Gasteiger partial charge in [-0.25, -0.2) is 0 Å². The van der Waals surface area contributed by atoms with Crippen LogP contribution in [-0.2, 0) is 0 Å². The second kappa shape index (κ2) is 5.86. The van der Waals surface area contributed by atoms with Gasteiger partial charge in [0.15, 0.2) is 0 Å². The van der Waals surface area contributed by atoms with Crippen molar-refractivity contribution >= 4 is 26.6 Å². The highest BCUT2D eigenvalue weighted by Crippen LogP contribution is 2.34. The molecule has 80 valence electrons. The van der Waals surface area contributed by atoms with Crippen molar-refractivity contribution in [2.75, 3.05) is 0 Å². The van der Waals surface area contributed by atoms with Crippen molar-refractivity contribution in [3.63, 3.8) is 0 Å². The lowest BCUT2D eigenvalue weighted by Gasteiger charge is -2.16. The van der Waals surface area contributed by atoms with Crippen molar-refractivity contribution < 1.29 is 0 Å². The van der Waals surface area contributed by atoms with Gasteiger partial charge in [-0.05, 0) is 22.6 Å². The van der Waals surface area contributed by atoms with E-state index in [0.717, 1.165) is 12.3 Å². The number of nitrogens with zero attached hydrogens (tertiary/aromatic N) is 1. The minimum Gasteiger partial charge on any atom is -0.254 e. The highest BCUT2D eigenvalue weighted by Gasteiger charge is 2.13. The molecular formula is C11H19NS2. The van der Waals surface area contributed by atoms with Crippen LogP contribution in [-0.4, -0.2) is 10.3 Å². The van der Waals surface area contributed by atoms with E-state index in [0.29, 0.717) is 11.2 Å². The smallest absolute Gasteiger partial charge is 0.0843 e. The third kappa shape index (κ3) is 4.09. The summed E-state index contributed by atoms with van der Waals surface area (Å²) < 4.78 is 0. The highest BCUT2D eigenvalue weighted by atomic mass is 33.1. The highest BCUT2D eigenvalue weighted by molar-refractivity contribution is 8.82. The Kier molecular flexibility index (Phi) is 5.10.